The van der Waals surface area contributed by atoms with Crippen LogP contribution < -0.4 is 0 Å². The minimum atomic E-state index is -0.779. The Labute approximate surface area is 115 Å². The summed E-state index contributed by atoms with van der Waals surface area (Å²) in [5.41, 5.74) is 1.71. The Balaban J connectivity index is 1.99. The van der Waals surface area contributed by atoms with Gasteiger partial charge in [0.15, 0.2) is 0 Å². The van der Waals surface area contributed by atoms with Crippen LogP contribution in [0.15, 0.2) is 24.3 Å². The fraction of sp³-hybridized carbons (Fsp3) is 0.647. The Bertz CT molecular complexity index is 439. The molecule has 2 fully saturated rings. The van der Waals surface area contributed by atoms with Crippen molar-refractivity contribution in [1.82, 2.24) is 0 Å². The van der Waals surface area contributed by atoms with Crippen LogP contribution in [-0.4, -0.2) is 18.3 Å². The monoisotopic (exact) mass is 260 g/mol. The quantitative estimate of drug-likeness (QED) is 0.897. The number of methoxy groups -OCH3 is 1. The highest BCUT2D eigenvalue weighted by Gasteiger charge is 2.43. The zero-order valence-electron chi connectivity index (χ0n) is 11.8. The van der Waals surface area contributed by atoms with Crippen molar-refractivity contribution in [1.29, 1.82) is 0 Å². The van der Waals surface area contributed by atoms with Crippen LogP contribution in [0.1, 0.15) is 62.0 Å². The third-order valence-electron chi connectivity index (χ3n) is 5.06. The Morgan fingerprint density at radius 1 is 1.11 bits per heavy atom. The molecule has 0 aromatic heterocycles. The Morgan fingerprint density at radius 2 is 1.89 bits per heavy atom. The van der Waals surface area contributed by atoms with Gasteiger partial charge in [0, 0.05) is 7.11 Å². The van der Waals surface area contributed by atoms with E-state index in [0.29, 0.717) is 5.92 Å². The highest BCUT2D eigenvalue weighted by Crippen LogP contribution is 2.45. The molecule has 2 aliphatic carbocycles. The molecule has 1 aromatic carbocycles. The molecule has 0 heterocycles. The maximum absolute atomic E-state index is 11.2. The van der Waals surface area contributed by atoms with E-state index in [2.05, 4.69) is 24.3 Å². The molecule has 2 aliphatic rings. The number of hydrogen-bond donors (Lipinski definition) is 1. The Morgan fingerprint density at radius 3 is 2.58 bits per heavy atom. The number of ether oxygens (including phenoxy) is 1. The lowest BCUT2D eigenvalue weighted by Gasteiger charge is -2.42. The smallest absolute Gasteiger partial charge is 0.116 e. The van der Waals surface area contributed by atoms with Crippen LogP contribution in [0.5, 0.6) is 0 Å². The predicted molar refractivity (Wildman–Crippen MR) is 76.2 cm³/mol. The second kappa shape index (κ2) is 5.26. The summed E-state index contributed by atoms with van der Waals surface area (Å²) < 4.78 is 5.60. The van der Waals surface area contributed by atoms with Gasteiger partial charge in [-0.05, 0) is 42.7 Å². The molecule has 19 heavy (non-hydrogen) atoms. The van der Waals surface area contributed by atoms with Crippen molar-refractivity contribution in [3.63, 3.8) is 0 Å². The van der Waals surface area contributed by atoms with Crippen LogP contribution in [0.25, 0.3) is 0 Å². The van der Waals surface area contributed by atoms with E-state index in [1.54, 1.807) is 7.11 Å². The van der Waals surface area contributed by atoms with Gasteiger partial charge >= 0.3 is 0 Å². The first-order chi connectivity index (χ1) is 9.25. The summed E-state index contributed by atoms with van der Waals surface area (Å²) in [4.78, 5) is 0. The Kier molecular flexibility index (Phi) is 3.64. The highest BCUT2D eigenvalue weighted by molar-refractivity contribution is 5.37. The second-order valence-electron chi connectivity index (χ2n) is 6.11. The van der Waals surface area contributed by atoms with Crippen molar-refractivity contribution in [2.24, 2.45) is 0 Å². The molecule has 0 amide bonds. The lowest BCUT2D eigenvalue weighted by Crippen LogP contribution is -2.44. The summed E-state index contributed by atoms with van der Waals surface area (Å²) in [6.45, 7) is 0. The van der Waals surface area contributed by atoms with E-state index in [1.807, 2.05) is 0 Å². The molecular weight excluding hydrogens is 236 g/mol. The molecule has 0 radical (unpaired) electrons. The molecule has 0 bridgehead atoms. The fourth-order valence-corrected chi connectivity index (χ4v) is 3.71. The van der Waals surface area contributed by atoms with Gasteiger partial charge in [0.2, 0.25) is 0 Å². The first-order valence-electron chi connectivity index (χ1n) is 7.60. The predicted octanol–water partition coefficient (Wildman–Crippen LogP) is 3.73. The minimum Gasteiger partial charge on any atom is -0.382 e. The van der Waals surface area contributed by atoms with Crippen molar-refractivity contribution in [2.75, 3.05) is 7.11 Å². The van der Waals surface area contributed by atoms with Crippen LogP contribution in [0.2, 0.25) is 0 Å². The Hall–Kier alpha value is -0.860. The molecule has 2 nitrogen and oxygen atoms in total. The van der Waals surface area contributed by atoms with E-state index in [1.165, 1.54) is 24.8 Å². The molecule has 3 rings (SSSR count). The van der Waals surface area contributed by atoms with Gasteiger partial charge in [-0.15, -0.1) is 0 Å². The summed E-state index contributed by atoms with van der Waals surface area (Å²) in [6.07, 6.45) is 7.85. The van der Waals surface area contributed by atoms with E-state index >= 15 is 0 Å². The third-order valence-corrected chi connectivity index (χ3v) is 5.06. The average Bonchev–Trinajstić information content (AvgIpc) is 2.38. The molecule has 104 valence electrons. The van der Waals surface area contributed by atoms with Crippen molar-refractivity contribution >= 4 is 0 Å². The first-order valence-corrected chi connectivity index (χ1v) is 7.60. The molecule has 2 unspecified atom stereocenters. The maximum Gasteiger partial charge on any atom is 0.116 e. The van der Waals surface area contributed by atoms with Gasteiger partial charge in [-0.2, -0.15) is 0 Å². The van der Waals surface area contributed by atoms with E-state index in [-0.39, 0.29) is 6.10 Å². The average molecular weight is 260 g/mol. The fourth-order valence-electron chi connectivity index (χ4n) is 3.71. The van der Waals surface area contributed by atoms with Crippen molar-refractivity contribution < 1.29 is 9.84 Å². The molecule has 1 aromatic rings. The zero-order valence-corrected chi connectivity index (χ0v) is 11.8. The molecule has 2 saturated carbocycles. The van der Waals surface area contributed by atoms with Crippen LogP contribution >= 0.6 is 0 Å². The van der Waals surface area contributed by atoms with Gasteiger partial charge in [-0.1, -0.05) is 43.5 Å². The number of aliphatic hydroxyl groups is 1. The SMILES string of the molecule is COC1CCCCC1(O)c1ccccc1C1CCC1. The van der Waals surface area contributed by atoms with Crippen molar-refractivity contribution in [3.05, 3.63) is 35.4 Å². The normalized spacial score (nSPS) is 32.0. The lowest BCUT2D eigenvalue weighted by molar-refractivity contribution is -0.123. The van der Waals surface area contributed by atoms with E-state index in [4.69, 9.17) is 4.74 Å². The first kappa shape index (κ1) is 13.1. The van der Waals surface area contributed by atoms with Crippen molar-refractivity contribution in [2.45, 2.75) is 62.6 Å². The lowest BCUT2D eigenvalue weighted by atomic mass is 9.70. The highest BCUT2D eigenvalue weighted by atomic mass is 16.5. The molecule has 1 N–H and O–H groups in total. The minimum absolute atomic E-state index is 0.0533. The molecule has 0 spiro atoms. The van der Waals surface area contributed by atoms with Crippen LogP contribution in [-0.2, 0) is 10.3 Å². The molecule has 2 heteroatoms. The zero-order chi connectivity index (χ0) is 13.3. The van der Waals surface area contributed by atoms with Crippen molar-refractivity contribution in [3.8, 4) is 0 Å². The molecule has 2 atom stereocenters. The number of rotatable bonds is 3. The third kappa shape index (κ3) is 2.21. The summed E-state index contributed by atoms with van der Waals surface area (Å²) in [5.74, 6) is 0.652. The van der Waals surface area contributed by atoms with Gasteiger partial charge in [-0.25, -0.2) is 0 Å². The summed E-state index contributed by atoms with van der Waals surface area (Å²) in [6, 6.07) is 8.48. The number of benzene rings is 1. The van der Waals surface area contributed by atoms with Gasteiger partial charge in [0.25, 0.3) is 0 Å². The maximum atomic E-state index is 11.2. The summed E-state index contributed by atoms with van der Waals surface area (Å²) in [7, 11) is 1.73. The molecule has 0 aliphatic heterocycles. The van der Waals surface area contributed by atoms with Gasteiger partial charge < -0.3 is 9.84 Å². The second-order valence-corrected chi connectivity index (χ2v) is 6.11. The summed E-state index contributed by atoms with van der Waals surface area (Å²) >= 11 is 0. The van der Waals surface area contributed by atoms with Crippen LogP contribution in [0, 0.1) is 0 Å². The van der Waals surface area contributed by atoms with Crippen LogP contribution in [0.4, 0.5) is 0 Å². The molecular formula is C17H24O2. The van der Waals surface area contributed by atoms with Gasteiger partial charge in [0.1, 0.15) is 5.60 Å². The topological polar surface area (TPSA) is 29.5 Å². The van der Waals surface area contributed by atoms with Crippen LogP contribution in [0.3, 0.4) is 0 Å². The standard InChI is InChI=1S/C17H24O2/c1-19-16-11-4-5-12-17(16,18)15-10-3-2-9-14(15)13-7-6-8-13/h2-3,9-10,13,16,18H,4-8,11-12H2,1H3. The van der Waals surface area contributed by atoms with E-state index in [0.717, 1.165) is 31.2 Å². The summed E-state index contributed by atoms with van der Waals surface area (Å²) in [5, 5.41) is 11.2. The van der Waals surface area contributed by atoms with E-state index < -0.39 is 5.60 Å². The number of hydrogen-bond acceptors (Lipinski definition) is 2. The molecule has 0 saturated heterocycles. The van der Waals surface area contributed by atoms with Gasteiger partial charge in [0.05, 0.1) is 6.10 Å². The van der Waals surface area contributed by atoms with E-state index in [9.17, 15) is 5.11 Å². The largest absolute Gasteiger partial charge is 0.382 e. The van der Waals surface area contributed by atoms with Gasteiger partial charge in [-0.3, -0.25) is 0 Å².